The van der Waals surface area contributed by atoms with Gasteiger partial charge in [-0.3, -0.25) is 0 Å². The predicted molar refractivity (Wildman–Crippen MR) is 72.6 cm³/mol. The summed E-state index contributed by atoms with van der Waals surface area (Å²) in [5.41, 5.74) is 1.98. The minimum Gasteiger partial charge on any atom is -0.309 e. The summed E-state index contributed by atoms with van der Waals surface area (Å²) in [6.45, 7) is 7.42. The molecular formula is C14H20N4. The van der Waals surface area contributed by atoms with Crippen LogP contribution in [0, 0.1) is 5.92 Å². The molecule has 4 nitrogen and oxygen atoms in total. The number of benzene rings is 1. The maximum absolute atomic E-state index is 4.56. The van der Waals surface area contributed by atoms with E-state index in [4.69, 9.17) is 0 Å². The molecule has 1 aromatic carbocycles. The Morgan fingerprint density at radius 1 is 1.22 bits per heavy atom. The molecular weight excluding hydrogens is 224 g/mol. The lowest BCUT2D eigenvalue weighted by molar-refractivity contribution is 0.411. The number of aromatic nitrogens is 3. The summed E-state index contributed by atoms with van der Waals surface area (Å²) < 4.78 is 0. The van der Waals surface area contributed by atoms with E-state index in [9.17, 15) is 0 Å². The van der Waals surface area contributed by atoms with Gasteiger partial charge < -0.3 is 5.32 Å². The molecule has 2 aromatic rings. The third-order valence-electron chi connectivity index (χ3n) is 2.91. The van der Waals surface area contributed by atoms with Crippen molar-refractivity contribution in [1.82, 2.24) is 20.3 Å². The molecule has 0 saturated carbocycles. The number of nitrogens with one attached hydrogen (secondary N) is 1. The molecule has 0 aliphatic rings. The summed E-state index contributed by atoms with van der Waals surface area (Å²) in [4.78, 5) is 1.68. The van der Waals surface area contributed by atoms with Crippen LogP contribution in [-0.4, -0.2) is 21.5 Å². The molecule has 1 atom stereocenters. The fourth-order valence-electron chi connectivity index (χ4n) is 2.00. The van der Waals surface area contributed by atoms with E-state index in [1.165, 1.54) is 0 Å². The summed E-state index contributed by atoms with van der Waals surface area (Å²) in [6.07, 6.45) is 1.85. The number of hydrogen-bond donors (Lipinski definition) is 1. The van der Waals surface area contributed by atoms with E-state index in [1.54, 1.807) is 4.80 Å². The van der Waals surface area contributed by atoms with Crippen molar-refractivity contribution in [1.29, 1.82) is 0 Å². The third-order valence-corrected chi connectivity index (χ3v) is 2.91. The smallest absolute Gasteiger partial charge is 0.100 e. The van der Waals surface area contributed by atoms with E-state index in [0.717, 1.165) is 17.9 Å². The summed E-state index contributed by atoms with van der Waals surface area (Å²) in [5.74, 6) is 0.492. The highest BCUT2D eigenvalue weighted by molar-refractivity contribution is 5.28. The predicted octanol–water partition coefficient (Wildman–Crippen LogP) is 2.57. The van der Waals surface area contributed by atoms with E-state index in [0.29, 0.717) is 5.92 Å². The van der Waals surface area contributed by atoms with Gasteiger partial charge in [-0.1, -0.05) is 39.0 Å². The lowest BCUT2D eigenvalue weighted by Gasteiger charge is -2.18. The van der Waals surface area contributed by atoms with E-state index in [1.807, 2.05) is 36.5 Å². The van der Waals surface area contributed by atoms with E-state index in [2.05, 4.69) is 36.3 Å². The first-order valence-corrected chi connectivity index (χ1v) is 6.43. The fraction of sp³-hybridized carbons (Fsp3) is 0.429. The first kappa shape index (κ1) is 12.8. The van der Waals surface area contributed by atoms with Crippen LogP contribution in [0.4, 0.5) is 0 Å². The van der Waals surface area contributed by atoms with Crippen molar-refractivity contribution < 1.29 is 0 Å². The zero-order valence-electron chi connectivity index (χ0n) is 11.2. The number of rotatable bonds is 5. The molecule has 0 saturated heterocycles. The molecule has 1 heterocycles. The van der Waals surface area contributed by atoms with Crippen LogP contribution < -0.4 is 5.32 Å². The first-order chi connectivity index (χ1) is 8.72. The van der Waals surface area contributed by atoms with Crippen LogP contribution in [0.5, 0.6) is 0 Å². The normalized spacial score (nSPS) is 12.9. The van der Waals surface area contributed by atoms with Crippen LogP contribution in [0.2, 0.25) is 0 Å². The van der Waals surface area contributed by atoms with E-state index in [-0.39, 0.29) is 6.04 Å². The van der Waals surface area contributed by atoms with Crippen LogP contribution in [0.3, 0.4) is 0 Å². The number of para-hydroxylation sites is 1. The molecule has 18 heavy (non-hydrogen) atoms. The largest absolute Gasteiger partial charge is 0.309 e. The summed E-state index contributed by atoms with van der Waals surface area (Å²) >= 11 is 0. The molecule has 0 spiro atoms. The zero-order valence-corrected chi connectivity index (χ0v) is 11.2. The fourth-order valence-corrected chi connectivity index (χ4v) is 2.00. The Hall–Kier alpha value is -1.68. The Kier molecular flexibility index (Phi) is 4.10. The highest BCUT2D eigenvalue weighted by atomic mass is 15.5. The molecule has 1 aromatic heterocycles. The van der Waals surface area contributed by atoms with E-state index >= 15 is 0 Å². The van der Waals surface area contributed by atoms with Gasteiger partial charge in [0.1, 0.15) is 5.69 Å². The van der Waals surface area contributed by atoms with Crippen LogP contribution >= 0.6 is 0 Å². The Bertz CT molecular complexity index is 476. The van der Waals surface area contributed by atoms with Crippen molar-refractivity contribution >= 4 is 0 Å². The topological polar surface area (TPSA) is 42.7 Å². The van der Waals surface area contributed by atoms with Crippen LogP contribution in [0.15, 0.2) is 36.5 Å². The highest BCUT2D eigenvalue weighted by Gasteiger charge is 2.18. The number of nitrogens with zero attached hydrogens (tertiary/aromatic N) is 3. The summed E-state index contributed by atoms with van der Waals surface area (Å²) in [7, 11) is 0. The van der Waals surface area contributed by atoms with Gasteiger partial charge in [0.2, 0.25) is 0 Å². The standard InChI is InChI=1S/C14H20N4/c1-4-15-14(11(2)3)13-10-16-18(17-13)12-8-6-5-7-9-12/h5-11,14-15H,4H2,1-3H3. The zero-order chi connectivity index (χ0) is 13.0. The second-order valence-electron chi connectivity index (χ2n) is 4.67. The minimum atomic E-state index is 0.257. The SMILES string of the molecule is CCNC(c1cnn(-c2ccccc2)n1)C(C)C. The Morgan fingerprint density at radius 3 is 2.56 bits per heavy atom. The molecule has 2 rings (SSSR count). The van der Waals surface area contributed by atoms with Crippen LogP contribution in [-0.2, 0) is 0 Å². The Labute approximate surface area is 108 Å². The molecule has 0 aliphatic carbocycles. The second kappa shape index (κ2) is 5.78. The average Bonchev–Trinajstić information content (AvgIpc) is 2.86. The van der Waals surface area contributed by atoms with Crippen LogP contribution in [0.25, 0.3) is 5.69 Å². The highest BCUT2D eigenvalue weighted by Crippen LogP contribution is 2.19. The molecule has 1 unspecified atom stereocenters. The van der Waals surface area contributed by atoms with Crippen molar-refractivity contribution in [2.24, 2.45) is 5.92 Å². The van der Waals surface area contributed by atoms with Gasteiger partial charge in [0.15, 0.2) is 0 Å². The van der Waals surface area contributed by atoms with Crippen LogP contribution in [0.1, 0.15) is 32.5 Å². The van der Waals surface area contributed by atoms with Gasteiger partial charge in [0.25, 0.3) is 0 Å². The maximum atomic E-state index is 4.56. The average molecular weight is 244 g/mol. The van der Waals surface area contributed by atoms with Crippen molar-refractivity contribution in [3.05, 3.63) is 42.2 Å². The van der Waals surface area contributed by atoms with Gasteiger partial charge in [-0.25, -0.2) is 0 Å². The van der Waals surface area contributed by atoms with Crippen molar-refractivity contribution in [3.63, 3.8) is 0 Å². The molecule has 4 heteroatoms. The molecule has 96 valence electrons. The molecule has 0 aliphatic heterocycles. The van der Waals surface area contributed by atoms with Crippen molar-refractivity contribution in [2.75, 3.05) is 6.54 Å². The lowest BCUT2D eigenvalue weighted by Crippen LogP contribution is -2.25. The maximum Gasteiger partial charge on any atom is 0.100 e. The summed E-state index contributed by atoms with van der Waals surface area (Å²) in [6, 6.07) is 10.2. The first-order valence-electron chi connectivity index (χ1n) is 6.43. The van der Waals surface area contributed by atoms with Gasteiger partial charge >= 0.3 is 0 Å². The van der Waals surface area contributed by atoms with Gasteiger partial charge in [-0.05, 0) is 24.6 Å². The van der Waals surface area contributed by atoms with Gasteiger partial charge in [0.05, 0.1) is 17.9 Å². The molecule has 0 radical (unpaired) electrons. The van der Waals surface area contributed by atoms with Crippen molar-refractivity contribution in [2.45, 2.75) is 26.8 Å². The second-order valence-corrected chi connectivity index (χ2v) is 4.67. The quantitative estimate of drug-likeness (QED) is 0.879. The van der Waals surface area contributed by atoms with Gasteiger partial charge in [0, 0.05) is 0 Å². The van der Waals surface area contributed by atoms with Gasteiger partial charge in [-0.2, -0.15) is 15.0 Å². The Balaban J connectivity index is 2.24. The van der Waals surface area contributed by atoms with Gasteiger partial charge in [-0.15, -0.1) is 0 Å². The Morgan fingerprint density at radius 2 is 1.94 bits per heavy atom. The molecule has 0 amide bonds. The lowest BCUT2D eigenvalue weighted by atomic mass is 10.0. The summed E-state index contributed by atoms with van der Waals surface area (Å²) in [5, 5.41) is 12.3. The molecule has 0 fully saturated rings. The molecule has 0 bridgehead atoms. The minimum absolute atomic E-state index is 0.257. The van der Waals surface area contributed by atoms with E-state index < -0.39 is 0 Å². The van der Waals surface area contributed by atoms with Crippen molar-refractivity contribution in [3.8, 4) is 5.69 Å². The monoisotopic (exact) mass is 244 g/mol. The third kappa shape index (κ3) is 2.76. The molecule has 1 N–H and O–H groups in total. The number of hydrogen-bond acceptors (Lipinski definition) is 3.